The zero-order valence-electron chi connectivity index (χ0n) is 55.1. The molecule has 19 rings (SSSR count). The molecule has 0 N–H and O–H groups in total. The smallest absolute Gasteiger partial charge is 0.266 e. The highest BCUT2D eigenvalue weighted by molar-refractivity contribution is 6.06. The van der Waals surface area contributed by atoms with Crippen LogP contribution in [0.2, 0.25) is 0 Å². The molecule has 0 unspecified atom stereocenters. The molecule has 7 aromatic carbocycles. The van der Waals surface area contributed by atoms with Gasteiger partial charge in [-0.25, -0.2) is 27.4 Å². The number of hydrogen-bond acceptors (Lipinski definition) is 24. The third-order valence-electron chi connectivity index (χ3n) is 21.3. The van der Waals surface area contributed by atoms with Gasteiger partial charge in [0.15, 0.2) is 0 Å². The lowest BCUT2D eigenvalue weighted by atomic mass is 10.1. The number of fused-ring (bicyclic) bond motifs is 12. The van der Waals surface area contributed by atoms with Crippen LogP contribution in [-0.2, 0) is 42.3 Å². The van der Waals surface area contributed by atoms with E-state index < -0.39 is 297 Å². The molecule has 12 heterocycles. The van der Waals surface area contributed by atoms with Crippen molar-refractivity contribution < 1.29 is 0 Å². The second-order valence-corrected chi connectivity index (χ2v) is 26.4. The van der Waals surface area contributed by atoms with Gasteiger partial charge in [-0.1, -0.05) is 0 Å². The standard InChI is InChI=1S/C72H30N12O24/c1-73-49(85)19-7-31-32(8-20(19)50(73)86)62(98)79(61(31)97)43-44(80-63(99)33-9-21-22(10-34(33)64(80)100)52(88)74(2)51(21)87)46(82-67(103)37-13-25-26(14-38(37)68(82)104)56(92)76(4)55(25)91)48(84-71(107)41-17-29-30(18-42(41)72(84)108)60(96)78(6)59(29)95)47(83-69(105)39-15-27-28(16-40(39)70(83)106)58(94)77(5)57(27)93)45(43)81-65(101)35-11-23-24(12-36(35)66(81)102)54(90)75(3)53(23)89/h7-18H,1-6H3. The third-order valence-corrected chi connectivity index (χ3v) is 21.3. The Morgan fingerprint density at radius 1 is 0.120 bits per heavy atom. The highest BCUT2D eigenvalue weighted by Crippen LogP contribution is 2.42. The van der Waals surface area contributed by atoms with Gasteiger partial charge in [0.05, 0.1) is 129 Å². The summed E-state index contributed by atoms with van der Waals surface area (Å²) >= 11 is 0. The Kier molecular flexibility index (Phi) is 11.5. The molecule has 0 aliphatic heterocycles. The molecule has 0 radical (unpaired) electrons. The Morgan fingerprint density at radius 3 is 0.259 bits per heavy atom. The lowest BCUT2D eigenvalue weighted by Crippen LogP contribution is -2.40. The Hall–Kier alpha value is -15.8. The van der Waals surface area contributed by atoms with Gasteiger partial charge in [0.1, 0.15) is 34.1 Å². The molecule has 108 heavy (non-hydrogen) atoms. The summed E-state index contributed by atoms with van der Waals surface area (Å²) in [6.07, 6.45) is 0. The molecule has 36 heteroatoms. The van der Waals surface area contributed by atoms with Gasteiger partial charge < -0.3 is 0 Å². The monoisotopic (exact) mass is 1450 g/mol. The predicted octanol–water partition coefficient (Wildman–Crippen LogP) is -5.80. The molecule has 0 spiro atoms. The number of benzene rings is 7. The van der Waals surface area contributed by atoms with Gasteiger partial charge in [0.25, 0.3) is 133 Å². The maximum atomic E-state index is 16.5. The van der Waals surface area contributed by atoms with E-state index in [1.165, 1.54) is 0 Å². The Bertz CT molecular complexity index is 7490. The van der Waals surface area contributed by atoms with E-state index in [1.54, 1.807) is 0 Å². The molecule has 0 fully saturated rings. The maximum Gasteiger partial charge on any atom is 0.266 e. The molecule has 12 aromatic heterocycles. The zero-order valence-corrected chi connectivity index (χ0v) is 55.1. The van der Waals surface area contributed by atoms with E-state index in [2.05, 4.69) is 0 Å². The second-order valence-electron chi connectivity index (χ2n) is 26.4. The van der Waals surface area contributed by atoms with E-state index in [0.717, 1.165) is 42.3 Å². The van der Waals surface area contributed by atoms with Crippen molar-refractivity contribution in [3.63, 3.8) is 0 Å². The first kappa shape index (κ1) is 63.2. The molecule has 0 atom stereocenters. The number of rotatable bonds is 6. The van der Waals surface area contributed by atoms with Crippen LogP contribution in [0.3, 0.4) is 0 Å². The summed E-state index contributed by atoms with van der Waals surface area (Å²) in [5, 5.41) is -18.1. The molecule has 0 amide bonds. The summed E-state index contributed by atoms with van der Waals surface area (Å²) in [5.41, 5.74) is -45.5. The minimum Gasteiger partial charge on any atom is -0.277 e. The second kappa shape index (κ2) is 19.7. The summed E-state index contributed by atoms with van der Waals surface area (Å²) in [6, 6.07) is 8.54. The van der Waals surface area contributed by atoms with Crippen LogP contribution in [0.5, 0.6) is 0 Å². The lowest BCUT2D eigenvalue weighted by molar-refractivity contribution is 0.823. The third kappa shape index (κ3) is 7.00. The lowest BCUT2D eigenvalue weighted by Gasteiger charge is -2.26. The first-order valence-electron chi connectivity index (χ1n) is 31.7. The van der Waals surface area contributed by atoms with Gasteiger partial charge in [-0.2, -0.15) is 0 Å². The van der Waals surface area contributed by atoms with Gasteiger partial charge in [-0.05, 0) is 72.8 Å². The summed E-state index contributed by atoms with van der Waals surface area (Å²) in [5.74, 6) is 0. The van der Waals surface area contributed by atoms with Crippen LogP contribution in [-0.4, -0.2) is 54.8 Å². The van der Waals surface area contributed by atoms with Crippen LogP contribution >= 0.6 is 0 Å². The van der Waals surface area contributed by atoms with E-state index in [1.807, 2.05) is 0 Å². The average Bonchev–Trinajstić information content (AvgIpc) is 1.39. The Labute approximate surface area is 579 Å². The van der Waals surface area contributed by atoms with Crippen molar-refractivity contribution in [1.29, 1.82) is 0 Å². The van der Waals surface area contributed by atoms with Crippen molar-refractivity contribution in [2.45, 2.75) is 0 Å². The van der Waals surface area contributed by atoms with Gasteiger partial charge >= 0.3 is 0 Å². The molecular weight excluding hydrogens is 1420 g/mol. The molecule has 19 aromatic rings. The quantitative estimate of drug-likeness (QED) is 0.150. The van der Waals surface area contributed by atoms with Gasteiger partial charge in [0, 0.05) is 42.3 Å². The highest BCUT2D eigenvalue weighted by atomic mass is 16.2. The molecule has 522 valence electrons. The largest absolute Gasteiger partial charge is 0.277 e. The fourth-order valence-electron chi connectivity index (χ4n) is 15.7. The molecule has 0 aliphatic rings. The Morgan fingerprint density at radius 2 is 0.185 bits per heavy atom. The van der Waals surface area contributed by atoms with Crippen molar-refractivity contribution in [1.82, 2.24) is 54.8 Å². The highest BCUT2D eigenvalue weighted by Gasteiger charge is 2.42. The molecule has 36 nitrogen and oxygen atoms in total. The minimum atomic E-state index is -1.82. The minimum absolute atomic E-state index is 0.114. The van der Waals surface area contributed by atoms with E-state index in [0.29, 0.717) is 100 Å². The van der Waals surface area contributed by atoms with E-state index in [4.69, 9.17) is 0 Å². The fourth-order valence-corrected chi connectivity index (χ4v) is 15.7. The topological polar surface area (TPSA) is 469 Å². The molecule has 0 saturated carbocycles. The summed E-state index contributed by atoms with van der Waals surface area (Å²) < 4.78 is 2.80. The summed E-state index contributed by atoms with van der Waals surface area (Å²) in [4.78, 5) is 364. The van der Waals surface area contributed by atoms with Gasteiger partial charge in [0.2, 0.25) is 0 Å². The molecule has 0 saturated heterocycles. The summed E-state index contributed by atoms with van der Waals surface area (Å²) in [6.45, 7) is 0. The SMILES string of the molecule is Cn1c(=O)c2cc3c(=O)n(-c4c(-n5c(=O)c6cc7c(=O)n(C)c(=O)c7cc6c5=O)c(-n5c(=O)c6cc7c(=O)n(C)c(=O)c7cc6c5=O)c(-n5c(=O)c6cc7c(=O)n(C)c(=O)c7cc6c5=O)c(-n5c(=O)c6cc7c(=O)n(C)c(=O)c7cc6c5=O)c4-n4c(=O)c5cc6c(=O)n(C)c(=O)c6cc5c4=O)c(=O)c3cc2c1=O. The summed E-state index contributed by atoms with van der Waals surface area (Å²) in [7, 11) is 6.15. The van der Waals surface area contributed by atoms with Crippen LogP contribution in [0.15, 0.2) is 188 Å². The first-order chi connectivity index (χ1) is 51.1. The van der Waals surface area contributed by atoms with E-state index in [9.17, 15) is 57.5 Å². The van der Waals surface area contributed by atoms with Crippen LogP contribution in [0.25, 0.3) is 163 Å². The van der Waals surface area contributed by atoms with Crippen molar-refractivity contribution in [2.75, 3.05) is 0 Å². The van der Waals surface area contributed by atoms with E-state index in [-0.39, 0.29) is 27.4 Å². The van der Waals surface area contributed by atoms with Crippen LogP contribution in [0.4, 0.5) is 0 Å². The van der Waals surface area contributed by atoms with Gasteiger partial charge in [-0.15, -0.1) is 0 Å². The van der Waals surface area contributed by atoms with Crippen molar-refractivity contribution in [2.24, 2.45) is 42.3 Å². The zero-order chi connectivity index (χ0) is 76.6. The molecule has 0 aliphatic carbocycles. The number of aromatic nitrogens is 12. The normalized spacial score (nSPS) is 12.5. The maximum absolute atomic E-state index is 16.5. The van der Waals surface area contributed by atoms with Crippen molar-refractivity contribution in [3.05, 3.63) is 321 Å². The number of nitrogens with zero attached hydrogens (tertiary/aromatic N) is 12. The predicted molar refractivity (Wildman–Crippen MR) is 391 cm³/mol. The van der Waals surface area contributed by atoms with Crippen LogP contribution in [0, 0.1) is 0 Å². The molecular formula is C72H30N12O24. The van der Waals surface area contributed by atoms with Gasteiger partial charge in [-0.3, -0.25) is 142 Å². The van der Waals surface area contributed by atoms with E-state index >= 15 is 57.5 Å². The molecule has 0 bridgehead atoms. The first-order valence-corrected chi connectivity index (χ1v) is 31.7. The fraction of sp³-hybridized carbons (Fsp3) is 0.0833. The van der Waals surface area contributed by atoms with Crippen molar-refractivity contribution in [3.8, 4) is 34.1 Å². The number of hydrogen-bond donors (Lipinski definition) is 0. The average molecular weight is 1450 g/mol. The Balaban J connectivity index is 1.20. The van der Waals surface area contributed by atoms with Crippen LogP contribution < -0.4 is 133 Å². The van der Waals surface area contributed by atoms with Crippen LogP contribution in [0.1, 0.15) is 0 Å². The van der Waals surface area contributed by atoms with Crippen molar-refractivity contribution >= 4 is 129 Å².